The molecule has 4 nitrogen and oxygen atoms in total. The number of nitrogens with two attached hydrogens (primary N) is 1. The first-order valence-electron chi connectivity index (χ1n) is 6.46. The van der Waals surface area contributed by atoms with Crippen LogP contribution in [0.5, 0.6) is 0 Å². The zero-order valence-electron chi connectivity index (χ0n) is 11.5. The SMILES string of the molecule is CCNN.O=C(c1ccccc1)C(O)c1ccccc1. The summed E-state index contributed by atoms with van der Waals surface area (Å²) in [6.07, 6.45) is -1.08. The summed E-state index contributed by atoms with van der Waals surface area (Å²) in [6, 6.07) is 17.7. The molecule has 0 amide bonds. The Balaban J connectivity index is 0.000000444. The van der Waals surface area contributed by atoms with Crippen molar-refractivity contribution < 1.29 is 9.90 Å². The number of carbonyl (C=O) groups is 1. The highest BCUT2D eigenvalue weighted by Gasteiger charge is 2.18. The number of ketones is 1. The van der Waals surface area contributed by atoms with Crippen LogP contribution in [-0.4, -0.2) is 17.4 Å². The van der Waals surface area contributed by atoms with E-state index in [4.69, 9.17) is 5.84 Å². The quantitative estimate of drug-likeness (QED) is 0.452. The Bertz CT molecular complexity index is 498. The predicted octanol–water partition coefficient (Wildman–Crippen LogP) is 2.07. The molecule has 0 saturated heterocycles. The maximum Gasteiger partial charge on any atom is 0.195 e. The molecule has 0 radical (unpaired) electrons. The first-order chi connectivity index (χ1) is 9.70. The minimum absolute atomic E-state index is 0.271. The van der Waals surface area contributed by atoms with Crippen molar-refractivity contribution in [2.45, 2.75) is 13.0 Å². The maximum atomic E-state index is 11.9. The van der Waals surface area contributed by atoms with Gasteiger partial charge in [0.2, 0.25) is 0 Å². The standard InChI is InChI=1S/C14H12O2.C2H8N2/c15-13(11-7-3-1-4-8-11)14(16)12-9-5-2-6-10-12;1-2-4-3/h1-10,13,15H;4H,2-3H2,1H3. The number of rotatable bonds is 4. The number of carbonyl (C=O) groups excluding carboxylic acids is 1. The van der Waals surface area contributed by atoms with E-state index >= 15 is 0 Å². The number of Topliss-reactive ketones (excluding diaryl/α,β-unsaturated/α-hetero) is 1. The van der Waals surface area contributed by atoms with Gasteiger partial charge in [-0.05, 0) is 5.56 Å². The highest BCUT2D eigenvalue weighted by atomic mass is 16.3. The number of hydrazine groups is 1. The van der Waals surface area contributed by atoms with Crippen LogP contribution in [0.1, 0.15) is 28.9 Å². The first kappa shape index (κ1) is 16.0. The second-order valence-electron chi connectivity index (χ2n) is 4.10. The molecule has 0 aliphatic carbocycles. The molecule has 0 aliphatic heterocycles. The van der Waals surface area contributed by atoms with Gasteiger partial charge in [-0.3, -0.25) is 16.1 Å². The molecule has 4 heteroatoms. The van der Waals surface area contributed by atoms with Crippen LogP contribution in [0.15, 0.2) is 60.7 Å². The third-order valence-corrected chi connectivity index (χ3v) is 2.63. The van der Waals surface area contributed by atoms with Crippen molar-refractivity contribution in [1.82, 2.24) is 5.43 Å². The van der Waals surface area contributed by atoms with Crippen molar-refractivity contribution in [3.8, 4) is 0 Å². The largest absolute Gasteiger partial charge is 0.380 e. The van der Waals surface area contributed by atoms with Crippen LogP contribution in [0.3, 0.4) is 0 Å². The van der Waals surface area contributed by atoms with Crippen LogP contribution in [0.4, 0.5) is 0 Å². The van der Waals surface area contributed by atoms with Crippen molar-refractivity contribution in [3.63, 3.8) is 0 Å². The fourth-order valence-corrected chi connectivity index (χ4v) is 1.55. The van der Waals surface area contributed by atoms with Gasteiger partial charge in [-0.25, -0.2) is 0 Å². The molecule has 1 unspecified atom stereocenters. The average molecular weight is 272 g/mol. The molecular weight excluding hydrogens is 252 g/mol. The molecule has 0 aliphatic rings. The van der Waals surface area contributed by atoms with Gasteiger partial charge in [0.25, 0.3) is 0 Å². The van der Waals surface area contributed by atoms with Crippen LogP contribution in [0, 0.1) is 0 Å². The fraction of sp³-hybridized carbons (Fsp3) is 0.188. The minimum Gasteiger partial charge on any atom is -0.380 e. The molecule has 20 heavy (non-hydrogen) atoms. The molecule has 2 aromatic rings. The maximum absolute atomic E-state index is 11.9. The van der Waals surface area contributed by atoms with Gasteiger partial charge in [-0.15, -0.1) is 0 Å². The van der Waals surface area contributed by atoms with E-state index in [1.807, 2.05) is 19.1 Å². The second-order valence-corrected chi connectivity index (χ2v) is 4.10. The second kappa shape index (κ2) is 8.98. The van der Waals surface area contributed by atoms with Gasteiger partial charge in [0.15, 0.2) is 5.78 Å². The van der Waals surface area contributed by atoms with E-state index < -0.39 is 6.10 Å². The Hall–Kier alpha value is -2.01. The molecule has 0 heterocycles. The van der Waals surface area contributed by atoms with Crippen LogP contribution >= 0.6 is 0 Å². The molecule has 2 rings (SSSR count). The lowest BCUT2D eigenvalue weighted by Crippen LogP contribution is -2.20. The van der Waals surface area contributed by atoms with Crippen LogP contribution in [0.2, 0.25) is 0 Å². The molecule has 0 spiro atoms. The van der Waals surface area contributed by atoms with E-state index in [2.05, 4.69) is 5.43 Å². The minimum atomic E-state index is -1.08. The Morgan fingerprint density at radius 1 is 1.10 bits per heavy atom. The number of hydrogen-bond donors (Lipinski definition) is 3. The van der Waals surface area contributed by atoms with E-state index in [9.17, 15) is 9.90 Å². The molecule has 2 aromatic carbocycles. The van der Waals surface area contributed by atoms with Gasteiger partial charge in [0.1, 0.15) is 6.10 Å². The van der Waals surface area contributed by atoms with Gasteiger partial charge < -0.3 is 5.11 Å². The summed E-state index contributed by atoms with van der Waals surface area (Å²) in [4.78, 5) is 11.9. The van der Waals surface area contributed by atoms with Gasteiger partial charge >= 0.3 is 0 Å². The third kappa shape index (κ3) is 4.93. The Morgan fingerprint density at radius 2 is 1.55 bits per heavy atom. The van der Waals surface area contributed by atoms with E-state index in [0.29, 0.717) is 11.1 Å². The summed E-state index contributed by atoms with van der Waals surface area (Å²) in [6.45, 7) is 2.79. The molecule has 0 aromatic heterocycles. The lowest BCUT2D eigenvalue weighted by Gasteiger charge is -2.09. The normalized spacial score (nSPS) is 11.2. The van der Waals surface area contributed by atoms with Crippen LogP contribution in [0.25, 0.3) is 0 Å². The molecule has 0 saturated carbocycles. The summed E-state index contributed by atoms with van der Waals surface area (Å²) in [5.74, 6) is 4.51. The van der Waals surface area contributed by atoms with E-state index in [-0.39, 0.29) is 5.78 Å². The summed E-state index contributed by atoms with van der Waals surface area (Å²) in [7, 11) is 0. The van der Waals surface area contributed by atoms with Crippen molar-refractivity contribution in [1.29, 1.82) is 0 Å². The lowest BCUT2D eigenvalue weighted by atomic mass is 10.0. The summed E-state index contributed by atoms with van der Waals surface area (Å²) in [5, 5.41) is 9.89. The third-order valence-electron chi connectivity index (χ3n) is 2.63. The van der Waals surface area contributed by atoms with Gasteiger partial charge in [0.05, 0.1) is 0 Å². The van der Waals surface area contributed by atoms with Crippen LogP contribution in [-0.2, 0) is 0 Å². The topological polar surface area (TPSA) is 75.3 Å². The van der Waals surface area contributed by atoms with Crippen molar-refractivity contribution in [2.24, 2.45) is 5.84 Å². The van der Waals surface area contributed by atoms with E-state index in [1.165, 1.54) is 0 Å². The summed E-state index contributed by atoms with van der Waals surface area (Å²) in [5.41, 5.74) is 3.58. The van der Waals surface area contributed by atoms with Crippen molar-refractivity contribution in [2.75, 3.05) is 6.54 Å². The Kier molecular flexibility index (Phi) is 7.21. The number of aliphatic hydroxyl groups excluding tert-OH is 1. The van der Waals surface area contributed by atoms with E-state index in [0.717, 1.165) is 6.54 Å². The Morgan fingerprint density at radius 3 is 2.00 bits per heavy atom. The molecule has 4 N–H and O–H groups in total. The number of nitrogens with one attached hydrogen (secondary N) is 1. The molecule has 0 bridgehead atoms. The fourth-order valence-electron chi connectivity index (χ4n) is 1.55. The number of aliphatic hydroxyl groups is 1. The zero-order valence-corrected chi connectivity index (χ0v) is 11.5. The first-order valence-corrected chi connectivity index (χ1v) is 6.46. The van der Waals surface area contributed by atoms with Crippen LogP contribution < -0.4 is 11.3 Å². The predicted molar refractivity (Wildman–Crippen MR) is 80.0 cm³/mol. The molecule has 1 atom stereocenters. The summed E-state index contributed by atoms with van der Waals surface area (Å²) >= 11 is 0. The van der Waals surface area contributed by atoms with Gasteiger partial charge in [-0.1, -0.05) is 67.6 Å². The van der Waals surface area contributed by atoms with Gasteiger partial charge in [0, 0.05) is 12.1 Å². The molecule has 0 fully saturated rings. The monoisotopic (exact) mass is 272 g/mol. The smallest absolute Gasteiger partial charge is 0.195 e. The van der Waals surface area contributed by atoms with Gasteiger partial charge in [-0.2, -0.15) is 0 Å². The Labute approximate surface area is 119 Å². The molecule has 106 valence electrons. The summed E-state index contributed by atoms with van der Waals surface area (Å²) < 4.78 is 0. The van der Waals surface area contributed by atoms with Crippen molar-refractivity contribution in [3.05, 3.63) is 71.8 Å². The zero-order chi connectivity index (χ0) is 14.8. The van der Waals surface area contributed by atoms with Crippen molar-refractivity contribution >= 4 is 5.78 Å². The molecular formula is C16H20N2O2. The lowest BCUT2D eigenvalue weighted by molar-refractivity contribution is 0.0747. The number of hydrogen-bond acceptors (Lipinski definition) is 4. The average Bonchev–Trinajstić information content (AvgIpc) is 2.55. The highest BCUT2D eigenvalue weighted by molar-refractivity contribution is 5.99. The number of benzene rings is 2. The van der Waals surface area contributed by atoms with E-state index in [1.54, 1.807) is 48.5 Å². The highest BCUT2D eigenvalue weighted by Crippen LogP contribution is 2.17.